The van der Waals surface area contributed by atoms with Crippen LogP contribution in [0.25, 0.3) is 11.6 Å². The Balaban J connectivity index is 1.68. The molecule has 8 heteroatoms. The van der Waals surface area contributed by atoms with Crippen molar-refractivity contribution in [3.63, 3.8) is 0 Å². The molecule has 2 aromatic heterocycles. The lowest BCUT2D eigenvalue weighted by atomic mass is 10.2. The summed E-state index contributed by atoms with van der Waals surface area (Å²) in [6.45, 7) is 6.80. The van der Waals surface area contributed by atoms with Gasteiger partial charge in [-0.3, -0.25) is 4.79 Å². The monoisotopic (exact) mass is 447 g/mol. The van der Waals surface area contributed by atoms with Gasteiger partial charge in [-0.1, -0.05) is 81.4 Å². The first-order chi connectivity index (χ1) is 15.3. The summed E-state index contributed by atoms with van der Waals surface area (Å²) in [7, 11) is -2.71. The van der Waals surface area contributed by atoms with E-state index >= 15 is 0 Å². The van der Waals surface area contributed by atoms with Gasteiger partial charge >= 0.3 is 0 Å². The van der Waals surface area contributed by atoms with E-state index in [4.69, 9.17) is 19.0 Å². The van der Waals surface area contributed by atoms with Gasteiger partial charge in [-0.25, -0.2) is 9.97 Å². The third kappa shape index (κ3) is 4.02. The highest BCUT2D eigenvalue weighted by atomic mass is 28.4. The molecule has 0 saturated heterocycles. The number of hydrogen-bond acceptors (Lipinski definition) is 6. The molecule has 0 aliphatic rings. The molecule has 0 atom stereocenters. The molecule has 0 aliphatic heterocycles. The molecule has 0 spiro atoms. The van der Waals surface area contributed by atoms with Crippen LogP contribution < -0.4 is 16.1 Å². The minimum absolute atomic E-state index is 0.0353. The largest absolute Gasteiger partial charge is 0.446 e. The van der Waals surface area contributed by atoms with Crippen LogP contribution >= 0.6 is 0 Å². The minimum atomic E-state index is -2.71. The van der Waals surface area contributed by atoms with Crippen molar-refractivity contribution in [1.29, 1.82) is 0 Å². The number of benzene rings is 2. The zero-order valence-corrected chi connectivity index (χ0v) is 19.2. The topological polar surface area (TPSA) is 104 Å². The number of nitrogens with zero attached hydrogens (tertiary/aromatic N) is 2. The highest BCUT2D eigenvalue weighted by molar-refractivity contribution is 6.99. The van der Waals surface area contributed by atoms with E-state index in [0.29, 0.717) is 11.6 Å². The number of amides is 1. The van der Waals surface area contributed by atoms with Gasteiger partial charge in [0.2, 0.25) is 11.8 Å². The molecule has 1 amide bonds. The zero-order chi connectivity index (χ0) is 22.8. The quantitative estimate of drug-likeness (QED) is 0.435. The summed E-state index contributed by atoms with van der Waals surface area (Å²) in [4.78, 5) is 19.8. The van der Waals surface area contributed by atoms with Gasteiger partial charge in [0.25, 0.3) is 14.2 Å². The molecule has 0 saturated carbocycles. The van der Waals surface area contributed by atoms with Crippen LogP contribution in [0.15, 0.2) is 82.0 Å². The minimum Gasteiger partial charge on any atom is -0.446 e. The summed E-state index contributed by atoms with van der Waals surface area (Å²) >= 11 is 0. The fourth-order valence-electron chi connectivity index (χ4n) is 3.91. The third-order valence-electron chi connectivity index (χ3n) is 5.36. The number of rotatable bonds is 7. The number of carbonyl (C=O) groups excluding carboxylic acids is 1. The molecule has 4 aromatic rings. The standard InChI is InChI=1S/C24H25N3O4Si/c1-24(2,3)32(17-10-6-4-7-11-17,18-12-8-5-9-13-18)31-16-21-26-20(15-29-21)23-27-19(14-30-23)22(25)28/h4-15H,16H2,1-3H3,(H2,25,28). The van der Waals surface area contributed by atoms with Crippen molar-refractivity contribution in [3.05, 3.63) is 84.8 Å². The van der Waals surface area contributed by atoms with Gasteiger partial charge in [-0.05, 0) is 15.4 Å². The van der Waals surface area contributed by atoms with Crippen molar-refractivity contribution in [2.75, 3.05) is 0 Å². The molecule has 4 rings (SSSR count). The van der Waals surface area contributed by atoms with E-state index in [1.54, 1.807) is 0 Å². The summed E-state index contributed by atoms with van der Waals surface area (Å²) in [6, 6.07) is 20.7. The predicted molar refractivity (Wildman–Crippen MR) is 123 cm³/mol. The second-order valence-corrected chi connectivity index (χ2v) is 12.8. The normalized spacial score (nSPS) is 12.1. The summed E-state index contributed by atoms with van der Waals surface area (Å²) in [6.07, 6.45) is 2.63. The molecule has 164 valence electrons. The maximum absolute atomic E-state index is 11.3. The van der Waals surface area contributed by atoms with Crippen LogP contribution in [0, 0.1) is 0 Å². The van der Waals surface area contributed by atoms with Crippen LogP contribution in [0.2, 0.25) is 5.04 Å². The van der Waals surface area contributed by atoms with E-state index in [0.717, 1.165) is 0 Å². The third-order valence-corrected chi connectivity index (χ3v) is 10.3. The van der Waals surface area contributed by atoms with Gasteiger partial charge in [0, 0.05) is 0 Å². The molecular formula is C24H25N3O4Si. The Labute approximate surface area is 187 Å². The Morgan fingerprint density at radius 1 is 0.938 bits per heavy atom. The van der Waals surface area contributed by atoms with E-state index in [1.165, 1.54) is 22.9 Å². The summed E-state index contributed by atoms with van der Waals surface area (Å²) in [5.41, 5.74) is 5.65. The zero-order valence-electron chi connectivity index (χ0n) is 18.2. The van der Waals surface area contributed by atoms with Crippen LogP contribution in [0.4, 0.5) is 0 Å². The molecule has 2 heterocycles. The number of nitrogens with two attached hydrogens (primary N) is 1. The smallest absolute Gasteiger partial charge is 0.270 e. The Morgan fingerprint density at radius 3 is 2.03 bits per heavy atom. The van der Waals surface area contributed by atoms with Gasteiger partial charge in [-0.2, -0.15) is 0 Å². The SMILES string of the molecule is CC(C)(C)[Si](OCc1nc(-c2nc(C(N)=O)co2)co1)(c1ccccc1)c1ccccc1. The second kappa shape index (κ2) is 8.56. The van der Waals surface area contributed by atoms with Crippen molar-refractivity contribution >= 4 is 24.6 Å². The van der Waals surface area contributed by atoms with E-state index in [-0.39, 0.29) is 23.2 Å². The second-order valence-electron chi connectivity index (χ2n) is 8.48. The van der Waals surface area contributed by atoms with Crippen LogP contribution in [0.5, 0.6) is 0 Å². The van der Waals surface area contributed by atoms with Crippen molar-refractivity contribution in [2.45, 2.75) is 32.4 Å². The summed E-state index contributed by atoms with van der Waals surface area (Å²) in [5, 5.41) is 2.18. The van der Waals surface area contributed by atoms with E-state index < -0.39 is 14.2 Å². The van der Waals surface area contributed by atoms with Gasteiger partial charge in [0.1, 0.15) is 19.1 Å². The first kappa shape index (κ1) is 21.7. The summed E-state index contributed by atoms with van der Waals surface area (Å²) < 4.78 is 17.7. The Bertz CT molecular complexity index is 1160. The van der Waals surface area contributed by atoms with E-state index in [9.17, 15) is 4.79 Å². The number of carbonyl (C=O) groups is 1. The highest BCUT2D eigenvalue weighted by Gasteiger charge is 2.50. The maximum Gasteiger partial charge on any atom is 0.270 e. The molecule has 2 N–H and O–H groups in total. The fraction of sp³-hybridized carbons (Fsp3) is 0.208. The molecule has 0 fully saturated rings. The Morgan fingerprint density at radius 2 is 1.53 bits per heavy atom. The predicted octanol–water partition coefficient (Wildman–Crippen LogP) is 3.51. The van der Waals surface area contributed by atoms with Crippen molar-refractivity contribution in [2.24, 2.45) is 5.73 Å². The van der Waals surface area contributed by atoms with E-state index in [1.807, 2.05) is 36.4 Å². The molecule has 0 bridgehead atoms. The molecule has 0 aliphatic carbocycles. The number of aromatic nitrogens is 2. The van der Waals surface area contributed by atoms with Crippen LogP contribution in [0.3, 0.4) is 0 Å². The average molecular weight is 448 g/mol. The number of primary amides is 1. The Hall–Kier alpha value is -3.49. The van der Waals surface area contributed by atoms with E-state index in [2.05, 4.69) is 55.0 Å². The van der Waals surface area contributed by atoms with Gasteiger partial charge in [0.15, 0.2) is 11.4 Å². The molecule has 32 heavy (non-hydrogen) atoms. The lowest BCUT2D eigenvalue weighted by Crippen LogP contribution is -2.66. The summed E-state index contributed by atoms with van der Waals surface area (Å²) in [5.74, 6) is -0.107. The molecule has 0 radical (unpaired) electrons. The molecule has 0 unspecified atom stereocenters. The van der Waals surface area contributed by atoms with Crippen LogP contribution in [0.1, 0.15) is 37.2 Å². The van der Waals surface area contributed by atoms with Crippen molar-refractivity contribution in [3.8, 4) is 11.6 Å². The molecule has 2 aromatic carbocycles. The lowest BCUT2D eigenvalue weighted by molar-refractivity contribution is 0.0995. The molecular weight excluding hydrogens is 422 g/mol. The van der Waals surface area contributed by atoms with Crippen molar-refractivity contribution in [1.82, 2.24) is 9.97 Å². The van der Waals surface area contributed by atoms with Gasteiger partial charge in [0.05, 0.1) is 0 Å². The van der Waals surface area contributed by atoms with Gasteiger partial charge in [-0.15, -0.1) is 0 Å². The average Bonchev–Trinajstić information content (AvgIpc) is 3.45. The fourth-order valence-corrected chi connectivity index (χ4v) is 8.41. The highest BCUT2D eigenvalue weighted by Crippen LogP contribution is 2.37. The molecule has 7 nitrogen and oxygen atoms in total. The van der Waals surface area contributed by atoms with Crippen LogP contribution in [-0.4, -0.2) is 24.2 Å². The van der Waals surface area contributed by atoms with Gasteiger partial charge < -0.3 is 19.0 Å². The lowest BCUT2D eigenvalue weighted by Gasteiger charge is -2.42. The van der Waals surface area contributed by atoms with Crippen LogP contribution in [-0.2, 0) is 11.0 Å². The maximum atomic E-state index is 11.3. The number of oxazole rings is 2. The van der Waals surface area contributed by atoms with Crippen molar-refractivity contribution < 1.29 is 18.1 Å². The Kier molecular flexibility index (Phi) is 5.81. The first-order valence-electron chi connectivity index (χ1n) is 10.3. The first-order valence-corrected chi connectivity index (χ1v) is 12.2. The number of hydrogen-bond donors (Lipinski definition) is 1.